The van der Waals surface area contributed by atoms with E-state index in [9.17, 15) is 4.79 Å². The fourth-order valence-electron chi connectivity index (χ4n) is 1.66. The highest BCUT2D eigenvalue weighted by Gasteiger charge is 2.29. The average molecular weight is 206 g/mol. The Bertz CT molecular complexity index is 436. The van der Waals surface area contributed by atoms with Crippen LogP contribution >= 0.6 is 0 Å². The SMILES string of the molecule is Cc1c(C2CC2)nc(C(C)(C)C)[nH]c1=O. The van der Waals surface area contributed by atoms with Crippen molar-refractivity contribution in [1.82, 2.24) is 9.97 Å². The lowest BCUT2D eigenvalue weighted by atomic mass is 9.95. The predicted octanol–water partition coefficient (Wildman–Crippen LogP) is 2.25. The summed E-state index contributed by atoms with van der Waals surface area (Å²) in [7, 11) is 0. The summed E-state index contributed by atoms with van der Waals surface area (Å²) in [5.41, 5.74) is 1.75. The zero-order chi connectivity index (χ0) is 11.2. The first-order valence-corrected chi connectivity index (χ1v) is 5.51. The molecule has 1 aromatic heterocycles. The topological polar surface area (TPSA) is 45.8 Å². The van der Waals surface area contributed by atoms with Crippen LogP contribution in [0, 0.1) is 6.92 Å². The van der Waals surface area contributed by atoms with Gasteiger partial charge in [0.1, 0.15) is 5.82 Å². The molecule has 1 aliphatic rings. The third-order valence-electron chi connectivity index (χ3n) is 2.86. The molecule has 0 amide bonds. The number of H-pyrrole nitrogens is 1. The van der Waals surface area contributed by atoms with E-state index in [-0.39, 0.29) is 11.0 Å². The molecule has 0 bridgehead atoms. The minimum Gasteiger partial charge on any atom is -0.310 e. The van der Waals surface area contributed by atoms with E-state index in [4.69, 9.17) is 0 Å². The van der Waals surface area contributed by atoms with E-state index in [1.165, 1.54) is 12.8 Å². The monoisotopic (exact) mass is 206 g/mol. The number of aromatic nitrogens is 2. The first-order valence-electron chi connectivity index (χ1n) is 5.51. The van der Waals surface area contributed by atoms with Gasteiger partial charge in [-0.3, -0.25) is 4.79 Å². The Hall–Kier alpha value is -1.12. The fraction of sp³-hybridized carbons (Fsp3) is 0.667. The van der Waals surface area contributed by atoms with Crippen LogP contribution in [0.15, 0.2) is 4.79 Å². The Kier molecular flexibility index (Phi) is 2.21. The number of hydrogen-bond donors (Lipinski definition) is 1. The third kappa shape index (κ3) is 1.96. The predicted molar refractivity (Wildman–Crippen MR) is 60.3 cm³/mol. The molecule has 1 fully saturated rings. The minimum absolute atomic E-state index is 0.0248. The molecule has 0 spiro atoms. The van der Waals surface area contributed by atoms with Gasteiger partial charge in [0, 0.05) is 16.9 Å². The summed E-state index contributed by atoms with van der Waals surface area (Å²) in [6, 6.07) is 0. The second-order valence-corrected chi connectivity index (χ2v) is 5.45. The number of aromatic amines is 1. The summed E-state index contributed by atoms with van der Waals surface area (Å²) in [6.07, 6.45) is 2.36. The van der Waals surface area contributed by atoms with Crippen LogP contribution < -0.4 is 5.56 Å². The van der Waals surface area contributed by atoms with Gasteiger partial charge in [0.25, 0.3) is 5.56 Å². The van der Waals surface area contributed by atoms with E-state index >= 15 is 0 Å². The van der Waals surface area contributed by atoms with Gasteiger partial charge in [0.05, 0.1) is 5.69 Å². The summed E-state index contributed by atoms with van der Waals surface area (Å²) in [6.45, 7) is 8.07. The van der Waals surface area contributed by atoms with Crippen LogP contribution in [0.1, 0.15) is 56.6 Å². The smallest absolute Gasteiger partial charge is 0.254 e. The van der Waals surface area contributed by atoms with Gasteiger partial charge >= 0.3 is 0 Å². The summed E-state index contributed by atoms with van der Waals surface area (Å²) in [4.78, 5) is 19.2. The van der Waals surface area contributed by atoms with E-state index in [1.54, 1.807) is 0 Å². The highest BCUT2D eigenvalue weighted by atomic mass is 16.1. The second-order valence-electron chi connectivity index (χ2n) is 5.45. The number of hydrogen-bond acceptors (Lipinski definition) is 2. The van der Waals surface area contributed by atoms with E-state index in [0.717, 1.165) is 17.1 Å². The Labute approximate surface area is 89.9 Å². The van der Waals surface area contributed by atoms with Crippen molar-refractivity contribution in [3.63, 3.8) is 0 Å². The average Bonchev–Trinajstić information content (AvgIpc) is 2.90. The summed E-state index contributed by atoms with van der Waals surface area (Å²) < 4.78 is 0. The largest absolute Gasteiger partial charge is 0.310 e. The maximum Gasteiger partial charge on any atom is 0.254 e. The molecule has 0 radical (unpaired) electrons. The molecule has 0 aliphatic heterocycles. The molecule has 82 valence electrons. The van der Waals surface area contributed by atoms with Crippen LogP contribution in [-0.2, 0) is 5.41 Å². The van der Waals surface area contributed by atoms with E-state index < -0.39 is 0 Å². The van der Waals surface area contributed by atoms with Crippen molar-refractivity contribution in [3.8, 4) is 0 Å². The van der Waals surface area contributed by atoms with Crippen LogP contribution in [0.25, 0.3) is 0 Å². The molecule has 3 heteroatoms. The lowest BCUT2D eigenvalue weighted by Gasteiger charge is -2.18. The lowest BCUT2D eigenvalue weighted by Crippen LogP contribution is -2.25. The maximum atomic E-state index is 11.7. The van der Waals surface area contributed by atoms with Crippen LogP contribution in [-0.4, -0.2) is 9.97 Å². The molecule has 0 saturated heterocycles. The Balaban J connectivity index is 2.56. The van der Waals surface area contributed by atoms with Crippen LogP contribution in [0.4, 0.5) is 0 Å². The highest BCUT2D eigenvalue weighted by Crippen LogP contribution is 2.40. The van der Waals surface area contributed by atoms with Crippen molar-refractivity contribution < 1.29 is 0 Å². The Morgan fingerprint density at radius 1 is 1.33 bits per heavy atom. The molecular formula is C12H18N2O. The zero-order valence-electron chi connectivity index (χ0n) is 9.85. The molecule has 3 nitrogen and oxygen atoms in total. The standard InChI is InChI=1S/C12H18N2O/c1-7-9(8-5-6-8)13-11(12(2,3)4)14-10(7)15/h8H,5-6H2,1-4H3,(H,13,14,15). The maximum absolute atomic E-state index is 11.7. The van der Waals surface area contributed by atoms with Gasteiger partial charge in [-0.05, 0) is 19.8 Å². The van der Waals surface area contributed by atoms with Gasteiger partial charge in [-0.15, -0.1) is 0 Å². The molecule has 0 atom stereocenters. The van der Waals surface area contributed by atoms with Gasteiger partial charge < -0.3 is 4.98 Å². The van der Waals surface area contributed by atoms with Crippen molar-refractivity contribution >= 4 is 0 Å². The summed E-state index contributed by atoms with van der Waals surface area (Å²) >= 11 is 0. The van der Waals surface area contributed by atoms with Gasteiger partial charge in [0.15, 0.2) is 0 Å². The summed E-state index contributed by atoms with van der Waals surface area (Å²) in [5.74, 6) is 1.34. The first-order chi connectivity index (χ1) is 6.89. The molecule has 2 rings (SSSR count). The zero-order valence-corrected chi connectivity index (χ0v) is 9.85. The van der Waals surface area contributed by atoms with E-state index in [0.29, 0.717) is 5.92 Å². The molecule has 1 N–H and O–H groups in total. The van der Waals surface area contributed by atoms with Crippen molar-refractivity contribution in [2.24, 2.45) is 0 Å². The van der Waals surface area contributed by atoms with Crippen molar-refractivity contribution in [3.05, 3.63) is 27.4 Å². The molecule has 1 aliphatic carbocycles. The number of nitrogens with zero attached hydrogens (tertiary/aromatic N) is 1. The Morgan fingerprint density at radius 3 is 2.40 bits per heavy atom. The minimum atomic E-state index is -0.0868. The normalized spacial score (nSPS) is 16.8. The molecule has 1 heterocycles. The van der Waals surface area contributed by atoms with Crippen molar-refractivity contribution in [2.45, 2.75) is 51.9 Å². The highest BCUT2D eigenvalue weighted by molar-refractivity contribution is 5.25. The number of nitrogens with one attached hydrogen (secondary N) is 1. The second kappa shape index (κ2) is 3.19. The lowest BCUT2D eigenvalue weighted by molar-refractivity contribution is 0.537. The molecule has 0 aromatic carbocycles. The van der Waals surface area contributed by atoms with Crippen LogP contribution in [0.3, 0.4) is 0 Å². The van der Waals surface area contributed by atoms with Gasteiger partial charge in [0.2, 0.25) is 0 Å². The van der Waals surface area contributed by atoms with Crippen molar-refractivity contribution in [2.75, 3.05) is 0 Å². The van der Waals surface area contributed by atoms with E-state index in [1.807, 2.05) is 6.92 Å². The quantitative estimate of drug-likeness (QED) is 0.766. The molecule has 0 unspecified atom stereocenters. The van der Waals surface area contributed by atoms with E-state index in [2.05, 4.69) is 30.7 Å². The fourth-order valence-corrected chi connectivity index (χ4v) is 1.66. The van der Waals surface area contributed by atoms with Gasteiger partial charge in [-0.1, -0.05) is 20.8 Å². The summed E-state index contributed by atoms with van der Waals surface area (Å²) in [5, 5.41) is 0. The molecule has 1 saturated carbocycles. The molecule has 1 aromatic rings. The van der Waals surface area contributed by atoms with Gasteiger partial charge in [-0.2, -0.15) is 0 Å². The van der Waals surface area contributed by atoms with Crippen LogP contribution in [0.2, 0.25) is 0 Å². The van der Waals surface area contributed by atoms with Crippen molar-refractivity contribution in [1.29, 1.82) is 0 Å². The molecule has 15 heavy (non-hydrogen) atoms. The van der Waals surface area contributed by atoms with Gasteiger partial charge in [-0.25, -0.2) is 4.98 Å². The molecular weight excluding hydrogens is 188 g/mol. The third-order valence-corrected chi connectivity index (χ3v) is 2.86. The van der Waals surface area contributed by atoms with Crippen LogP contribution in [0.5, 0.6) is 0 Å². The first kappa shape index (κ1) is 10.4. The Morgan fingerprint density at radius 2 is 1.93 bits per heavy atom. The number of rotatable bonds is 1.